The van der Waals surface area contributed by atoms with Crippen LogP contribution in [0.3, 0.4) is 0 Å². The van der Waals surface area contributed by atoms with Gasteiger partial charge in [-0.05, 0) is 31.5 Å². The summed E-state index contributed by atoms with van der Waals surface area (Å²) in [5.41, 5.74) is 0.125. The zero-order chi connectivity index (χ0) is 9.43. The largest absolute Gasteiger partial charge is 0.469 e. The van der Waals surface area contributed by atoms with Gasteiger partial charge in [-0.15, -0.1) is 0 Å². The van der Waals surface area contributed by atoms with Gasteiger partial charge in [-0.1, -0.05) is 0 Å². The predicted molar refractivity (Wildman–Crippen MR) is 52.2 cm³/mol. The van der Waals surface area contributed by atoms with E-state index in [0.29, 0.717) is 6.04 Å². The Hall–Kier alpha value is -0.800. The van der Waals surface area contributed by atoms with E-state index < -0.39 is 0 Å². The lowest BCUT2D eigenvalue weighted by atomic mass is 9.75. The van der Waals surface area contributed by atoms with E-state index in [2.05, 4.69) is 11.4 Å². The second kappa shape index (κ2) is 3.11. The van der Waals surface area contributed by atoms with Crippen molar-refractivity contribution >= 4 is 0 Å². The molecule has 0 radical (unpaired) electrons. The van der Waals surface area contributed by atoms with Crippen molar-refractivity contribution in [3.63, 3.8) is 0 Å². The molecule has 1 unspecified atom stereocenters. The van der Waals surface area contributed by atoms with E-state index in [1.54, 1.807) is 6.26 Å². The molecule has 1 aromatic heterocycles. The van der Waals surface area contributed by atoms with Gasteiger partial charge in [0.1, 0.15) is 5.76 Å². The van der Waals surface area contributed by atoms with Crippen LogP contribution < -0.4 is 5.32 Å². The Morgan fingerprint density at radius 2 is 2.36 bits per heavy atom. The lowest BCUT2D eigenvalue weighted by Crippen LogP contribution is -2.58. The number of rotatable bonds is 2. The lowest BCUT2D eigenvalue weighted by molar-refractivity contribution is -0.0858. The maximum absolute atomic E-state index is 5.53. The first-order valence-electron chi connectivity index (χ1n) is 5.27. The molecular formula is C11H15NO2. The minimum Gasteiger partial charge on any atom is -0.469 e. The van der Waals surface area contributed by atoms with Crippen LogP contribution >= 0.6 is 0 Å². The molecule has 14 heavy (non-hydrogen) atoms. The number of hydrogen-bond acceptors (Lipinski definition) is 3. The maximum atomic E-state index is 5.53. The number of ether oxygens (including phenoxy) is 1. The predicted octanol–water partition coefficient (Wildman–Crippen LogP) is 1.30. The summed E-state index contributed by atoms with van der Waals surface area (Å²) in [7, 11) is 0. The molecule has 3 nitrogen and oxygen atoms in total. The summed E-state index contributed by atoms with van der Waals surface area (Å²) in [6, 6.07) is 4.58. The molecular weight excluding hydrogens is 178 g/mol. The molecule has 1 atom stereocenters. The van der Waals surface area contributed by atoms with Crippen LogP contribution in [0.25, 0.3) is 0 Å². The lowest BCUT2D eigenvalue weighted by Gasteiger charge is -2.44. The molecule has 0 aliphatic carbocycles. The molecule has 0 amide bonds. The van der Waals surface area contributed by atoms with E-state index >= 15 is 0 Å². The van der Waals surface area contributed by atoms with Gasteiger partial charge < -0.3 is 14.5 Å². The van der Waals surface area contributed by atoms with Crippen molar-refractivity contribution in [2.45, 2.75) is 24.3 Å². The molecule has 3 heterocycles. The Balaban J connectivity index is 1.90. The van der Waals surface area contributed by atoms with E-state index in [0.717, 1.165) is 25.5 Å². The third kappa shape index (κ3) is 1.06. The molecule has 2 aliphatic rings. The van der Waals surface area contributed by atoms with Gasteiger partial charge in [0.25, 0.3) is 0 Å². The first-order chi connectivity index (χ1) is 6.92. The van der Waals surface area contributed by atoms with E-state index in [9.17, 15) is 0 Å². The van der Waals surface area contributed by atoms with Crippen LogP contribution in [0.4, 0.5) is 0 Å². The fourth-order valence-electron chi connectivity index (χ4n) is 2.56. The molecule has 0 spiro atoms. The van der Waals surface area contributed by atoms with E-state index in [-0.39, 0.29) is 5.41 Å². The topological polar surface area (TPSA) is 34.4 Å². The first-order valence-corrected chi connectivity index (χ1v) is 5.27. The van der Waals surface area contributed by atoms with Crippen LogP contribution in [0, 0.1) is 0 Å². The summed E-state index contributed by atoms with van der Waals surface area (Å²) in [4.78, 5) is 0. The van der Waals surface area contributed by atoms with Gasteiger partial charge in [-0.3, -0.25) is 0 Å². The van der Waals surface area contributed by atoms with Crippen LogP contribution in [0.15, 0.2) is 22.8 Å². The Bertz CT molecular complexity index is 297. The average Bonchev–Trinajstić information content (AvgIpc) is 2.71. The SMILES string of the molecule is c1coc(C2(C3CCCN3)COC2)c1. The third-order valence-corrected chi connectivity index (χ3v) is 3.46. The van der Waals surface area contributed by atoms with Crippen LogP contribution in [0.1, 0.15) is 18.6 Å². The average molecular weight is 193 g/mol. The van der Waals surface area contributed by atoms with Crippen LogP contribution in [-0.2, 0) is 10.2 Å². The van der Waals surface area contributed by atoms with Crippen molar-refractivity contribution in [3.05, 3.63) is 24.2 Å². The summed E-state index contributed by atoms with van der Waals surface area (Å²) in [6.45, 7) is 2.74. The summed E-state index contributed by atoms with van der Waals surface area (Å²) >= 11 is 0. The van der Waals surface area contributed by atoms with Gasteiger partial charge in [0.2, 0.25) is 0 Å². The van der Waals surface area contributed by atoms with Gasteiger partial charge in [-0.25, -0.2) is 0 Å². The Labute approximate surface area is 83.4 Å². The molecule has 76 valence electrons. The van der Waals surface area contributed by atoms with E-state index in [1.807, 2.05) is 6.07 Å². The zero-order valence-corrected chi connectivity index (χ0v) is 8.16. The van der Waals surface area contributed by atoms with Gasteiger partial charge in [0, 0.05) is 6.04 Å². The fraction of sp³-hybridized carbons (Fsp3) is 0.636. The van der Waals surface area contributed by atoms with Crippen molar-refractivity contribution in [3.8, 4) is 0 Å². The van der Waals surface area contributed by atoms with Gasteiger partial charge in [-0.2, -0.15) is 0 Å². The molecule has 0 aromatic carbocycles. The van der Waals surface area contributed by atoms with Crippen LogP contribution in [0.2, 0.25) is 0 Å². The van der Waals surface area contributed by atoms with E-state index in [1.165, 1.54) is 12.8 Å². The fourth-order valence-corrected chi connectivity index (χ4v) is 2.56. The number of hydrogen-bond donors (Lipinski definition) is 1. The molecule has 3 heteroatoms. The minimum atomic E-state index is 0.125. The van der Waals surface area contributed by atoms with Crippen molar-refractivity contribution in [1.82, 2.24) is 5.32 Å². The summed E-state index contributed by atoms with van der Waals surface area (Å²) in [6.07, 6.45) is 4.27. The van der Waals surface area contributed by atoms with Crippen LogP contribution in [-0.4, -0.2) is 25.8 Å². The van der Waals surface area contributed by atoms with Crippen molar-refractivity contribution in [2.24, 2.45) is 0 Å². The van der Waals surface area contributed by atoms with Gasteiger partial charge in [0.15, 0.2) is 0 Å². The highest BCUT2D eigenvalue weighted by molar-refractivity contribution is 5.22. The molecule has 2 saturated heterocycles. The van der Waals surface area contributed by atoms with Crippen molar-refractivity contribution < 1.29 is 9.15 Å². The Kier molecular flexibility index (Phi) is 1.89. The second-order valence-corrected chi connectivity index (χ2v) is 4.28. The maximum Gasteiger partial charge on any atom is 0.116 e. The van der Waals surface area contributed by atoms with E-state index in [4.69, 9.17) is 9.15 Å². The molecule has 2 aliphatic heterocycles. The van der Waals surface area contributed by atoms with Gasteiger partial charge in [0.05, 0.1) is 24.9 Å². The first kappa shape index (κ1) is 8.50. The molecule has 1 aromatic rings. The molecule has 3 rings (SSSR count). The summed E-state index contributed by atoms with van der Waals surface area (Å²) < 4.78 is 10.9. The summed E-state index contributed by atoms with van der Waals surface area (Å²) in [5, 5.41) is 3.55. The standard InChI is InChI=1S/C11H15NO2/c1-3-9(12-5-1)11(7-13-8-11)10-4-2-6-14-10/h2,4,6,9,12H,1,3,5,7-8H2. The Morgan fingerprint density at radius 1 is 1.43 bits per heavy atom. The molecule has 0 bridgehead atoms. The van der Waals surface area contributed by atoms with Gasteiger partial charge >= 0.3 is 0 Å². The Morgan fingerprint density at radius 3 is 2.86 bits per heavy atom. The second-order valence-electron chi connectivity index (χ2n) is 4.28. The zero-order valence-electron chi connectivity index (χ0n) is 8.16. The minimum absolute atomic E-state index is 0.125. The molecule has 0 saturated carbocycles. The molecule has 1 N–H and O–H groups in total. The van der Waals surface area contributed by atoms with Crippen LogP contribution in [0.5, 0.6) is 0 Å². The number of furan rings is 1. The third-order valence-electron chi connectivity index (χ3n) is 3.46. The highest BCUT2D eigenvalue weighted by Gasteiger charge is 2.50. The monoisotopic (exact) mass is 193 g/mol. The quantitative estimate of drug-likeness (QED) is 0.768. The summed E-state index contributed by atoms with van der Waals surface area (Å²) in [5.74, 6) is 1.09. The normalized spacial score (nSPS) is 30.1. The highest BCUT2D eigenvalue weighted by Crippen LogP contribution is 2.39. The number of nitrogens with one attached hydrogen (secondary N) is 1. The highest BCUT2D eigenvalue weighted by atomic mass is 16.5. The molecule has 2 fully saturated rings. The smallest absolute Gasteiger partial charge is 0.116 e. The van der Waals surface area contributed by atoms with Crippen molar-refractivity contribution in [1.29, 1.82) is 0 Å². The van der Waals surface area contributed by atoms with Crippen molar-refractivity contribution in [2.75, 3.05) is 19.8 Å².